The van der Waals surface area contributed by atoms with Crippen molar-refractivity contribution in [3.05, 3.63) is 71.9 Å². The van der Waals surface area contributed by atoms with Gasteiger partial charge in [0.05, 0.1) is 11.8 Å². The minimum absolute atomic E-state index is 0.00114. The number of aliphatic hydroxyl groups excluding tert-OH is 1. The molecule has 1 atom stereocenters. The van der Waals surface area contributed by atoms with E-state index in [2.05, 4.69) is 20.8 Å². The average molecular weight is 396 g/mol. The summed E-state index contributed by atoms with van der Waals surface area (Å²) in [5, 5.41) is 19.0. The smallest absolute Gasteiger partial charge is 0.316 e. The third-order valence-corrected chi connectivity index (χ3v) is 3.86. The Balaban J connectivity index is 1.54. The molecule has 0 radical (unpaired) electrons. The molecule has 0 saturated heterocycles. The third-order valence-electron chi connectivity index (χ3n) is 3.86. The van der Waals surface area contributed by atoms with Crippen LogP contribution in [0.25, 0.3) is 0 Å². The average Bonchev–Trinajstić information content (AvgIpc) is 3.20. The van der Waals surface area contributed by atoms with Gasteiger partial charge in [-0.05, 0) is 17.7 Å². The predicted molar refractivity (Wildman–Crippen MR) is 103 cm³/mol. The van der Waals surface area contributed by atoms with Gasteiger partial charge in [-0.1, -0.05) is 47.6 Å². The van der Waals surface area contributed by atoms with Gasteiger partial charge in [0.25, 0.3) is 0 Å². The van der Waals surface area contributed by atoms with Crippen LogP contribution in [0.3, 0.4) is 0 Å². The molecule has 0 bridgehead atoms. The van der Waals surface area contributed by atoms with Crippen LogP contribution in [0.5, 0.6) is 5.75 Å². The highest BCUT2D eigenvalue weighted by Gasteiger charge is 2.17. The number of aromatic nitrogens is 2. The number of nitrogens with zero attached hydrogens (tertiary/aromatic N) is 2. The van der Waals surface area contributed by atoms with E-state index < -0.39 is 12.0 Å². The molecule has 3 rings (SSSR count). The Hall–Kier alpha value is -3.72. The van der Waals surface area contributed by atoms with Crippen LogP contribution in [0.15, 0.2) is 59.1 Å². The van der Waals surface area contributed by atoms with Gasteiger partial charge in [0.15, 0.2) is 6.61 Å². The molecule has 3 N–H and O–H groups in total. The molecule has 0 aliphatic heterocycles. The summed E-state index contributed by atoms with van der Waals surface area (Å²) in [5.74, 6) is -0.463. The zero-order valence-corrected chi connectivity index (χ0v) is 15.7. The summed E-state index contributed by atoms with van der Waals surface area (Å²) < 4.78 is 10.5. The summed E-state index contributed by atoms with van der Waals surface area (Å²) in [7, 11) is 0. The summed E-state index contributed by atoms with van der Waals surface area (Å²) in [6, 6.07) is 15.9. The normalized spacial score (nSPS) is 11.5. The highest BCUT2D eigenvalue weighted by atomic mass is 16.5. The highest BCUT2D eigenvalue weighted by Crippen LogP contribution is 2.24. The number of nitrogens with one attached hydrogen (secondary N) is 2. The SMILES string of the molecule is CC(=O)Nc1ccccc1OCc1noc(C(=O)NC[C@H](O)c2ccccc2)n1. The molecule has 0 fully saturated rings. The Morgan fingerprint density at radius 1 is 1.14 bits per heavy atom. The van der Waals surface area contributed by atoms with Crippen LogP contribution in [-0.4, -0.2) is 33.6 Å². The third kappa shape index (κ3) is 5.63. The van der Waals surface area contributed by atoms with Crippen LogP contribution in [0.2, 0.25) is 0 Å². The standard InChI is InChI=1S/C20H20N4O5/c1-13(25)22-15-9-5-6-10-17(15)28-12-18-23-20(29-24-18)19(27)21-11-16(26)14-7-3-2-4-8-14/h2-10,16,26H,11-12H2,1H3,(H,21,27)(H,22,25)/t16-/m0/s1. The zero-order chi connectivity index (χ0) is 20.6. The Kier molecular flexibility index (Phi) is 6.54. The molecule has 150 valence electrons. The second kappa shape index (κ2) is 9.47. The van der Waals surface area contributed by atoms with Crippen molar-refractivity contribution in [3.63, 3.8) is 0 Å². The molecule has 3 aromatic rings. The predicted octanol–water partition coefficient (Wildman–Crippen LogP) is 2.07. The molecular formula is C20H20N4O5. The molecule has 0 aliphatic carbocycles. The van der Waals surface area contributed by atoms with Crippen LogP contribution >= 0.6 is 0 Å². The number of hydrogen-bond acceptors (Lipinski definition) is 7. The Morgan fingerprint density at radius 3 is 2.62 bits per heavy atom. The van der Waals surface area contributed by atoms with Gasteiger partial charge >= 0.3 is 11.8 Å². The number of rotatable bonds is 8. The van der Waals surface area contributed by atoms with E-state index in [9.17, 15) is 14.7 Å². The fourth-order valence-corrected chi connectivity index (χ4v) is 2.49. The lowest BCUT2D eigenvalue weighted by Gasteiger charge is -2.10. The molecule has 0 unspecified atom stereocenters. The maximum atomic E-state index is 12.1. The first-order chi connectivity index (χ1) is 14.0. The van der Waals surface area contributed by atoms with E-state index in [0.717, 1.165) is 0 Å². The number of aliphatic hydroxyl groups is 1. The topological polar surface area (TPSA) is 127 Å². The first-order valence-electron chi connectivity index (χ1n) is 8.86. The summed E-state index contributed by atoms with van der Waals surface area (Å²) in [4.78, 5) is 27.4. The summed E-state index contributed by atoms with van der Waals surface area (Å²) in [6.07, 6.45) is -0.851. The first-order valence-corrected chi connectivity index (χ1v) is 8.86. The molecule has 2 aromatic carbocycles. The van der Waals surface area contributed by atoms with E-state index in [1.165, 1.54) is 6.92 Å². The minimum Gasteiger partial charge on any atom is -0.483 e. The van der Waals surface area contributed by atoms with Crippen LogP contribution in [0.1, 0.15) is 35.1 Å². The Bertz CT molecular complexity index is 974. The molecule has 1 aromatic heterocycles. The Labute approximate surface area is 166 Å². The number of carbonyl (C=O) groups excluding carboxylic acids is 2. The van der Waals surface area contributed by atoms with Gasteiger partial charge < -0.3 is 25.0 Å². The van der Waals surface area contributed by atoms with Crippen molar-refractivity contribution in [1.29, 1.82) is 0 Å². The van der Waals surface area contributed by atoms with Crippen molar-refractivity contribution in [2.75, 3.05) is 11.9 Å². The number of ether oxygens (including phenoxy) is 1. The maximum absolute atomic E-state index is 12.1. The summed E-state index contributed by atoms with van der Waals surface area (Å²) in [6.45, 7) is 1.34. The van der Waals surface area contributed by atoms with E-state index in [-0.39, 0.29) is 30.8 Å². The fourth-order valence-electron chi connectivity index (χ4n) is 2.49. The number of benzene rings is 2. The minimum atomic E-state index is -0.851. The second-order valence-corrected chi connectivity index (χ2v) is 6.12. The van der Waals surface area contributed by atoms with Crippen molar-refractivity contribution in [2.24, 2.45) is 0 Å². The molecule has 9 nitrogen and oxygen atoms in total. The van der Waals surface area contributed by atoms with E-state index in [1.54, 1.807) is 48.5 Å². The van der Waals surface area contributed by atoms with Gasteiger partial charge in [-0.2, -0.15) is 4.98 Å². The molecular weight excluding hydrogens is 376 g/mol. The highest BCUT2D eigenvalue weighted by molar-refractivity contribution is 5.90. The number of anilines is 1. The summed E-state index contributed by atoms with van der Waals surface area (Å²) in [5.41, 5.74) is 1.20. The van der Waals surface area contributed by atoms with Gasteiger partial charge in [0.1, 0.15) is 5.75 Å². The molecule has 2 amide bonds. The largest absolute Gasteiger partial charge is 0.483 e. The maximum Gasteiger partial charge on any atom is 0.316 e. The first kappa shape index (κ1) is 20.0. The van der Waals surface area contributed by atoms with Gasteiger partial charge in [0.2, 0.25) is 11.7 Å². The zero-order valence-electron chi connectivity index (χ0n) is 15.7. The lowest BCUT2D eigenvalue weighted by atomic mass is 10.1. The molecule has 1 heterocycles. The van der Waals surface area contributed by atoms with Crippen LogP contribution in [-0.2, 0) is 11.4 Å². The van der Waals surface area contributed by atoms with E-state index in [0.29, 0.717) is 17.0 Å². The monoisotopic (exact) mass is 396 g/mol. The quantitative estimate of drug-likeness (QED) is 0.532. The lowest BCUT2D eigenvalue weighted by Crippen LogP contribution is -2.28. The van der Waals surface area contributed by atoms with Gasteiger partial charge in [-0.25, -0.2) is 0 Å². The van der Waals surface area contributed by atoms with Gasteiger partial charge in [0, 0.05) is 13.5 Å². The van der Waals surface area contributed by atoms with Gasteiger partial charge in [-0.15, -0.1) is 0 Å². The second-order valence-electron chi connectivity index (χ2n) is 6.12. The number of carbonyl (C=O) groups is 2. The van der Waals surface area contributed by atoms with E-state index in [4.69, 9.17) is 9.26 Å². The van der Waals surface area contributed by atoms with Gasteiger partial charge in [-0.3, -0.25) is 9.59 Å². The summed E-state index contributed by atoms with van der Waals surface area (Å²) >= 11 is 0. The van der Waals surface area contributed by atoms with Crippen LogP contribution < -0.4 is 15.4 Å². The van der Waals surface area contributed by atoms with Crippen molar-refractivity contribution in [3.8, 4) is 5.75 Å². The number of amides is 2. The number of hydrogen-bond donors (Lipinski definition) is 3. The molecule has 29 heavy (non-hydrogen) atoms. The molecule has 9 heteroatoms. The molecule has 0 saturated carbocycles. The van der Waals surface area contributed by atoms with Crippen LogP contribution in [0.4, 0.5) is 5.69 Å². The van der Waals surface area contributed by atoms with Crippen LogP contribution in [0, 0.1) is 0 Å². The van der Waals surface area contributed by atoms with Crippen molar-refractivity contribution in [2.45, 2.75) is 19.6 Å². The van der Waals surface area contributed by atoms with Crippen molar-refractivity contribution < 1.29 is 24.0 Å². The lowest BCUT2D eigenvalue weighted by molar-refractivity contribution is -0.114. The van der Waals surface area contributed by atoms with Crippen molar-refractivity contribution >= 4 is 17.5 Å². The Morgan fingerprint density at radius 2 is 1.86 bits per heavy atom. The molecule has 0 spiro atoms. The fraction of sp³-hybridized carbons (Fsp3) is 0.200. The van der Waals surface area contributed by atoms with E-state index >= 15 is 0 Å². The van der Waals surface area contributed by atoms with E-state index in [1.807, 2.05) is 6.07 Å². The molecule has 0 aliphatic rings. The van der Waals surface area contributed by atoms with Crippen molar-refractivity contribution in [1.82, 2.24) is 15.5 Å². The number of para-hydroxylation sites is 2.